The lowest BCUT2D eigenvalue weighted by molar-refractivity contribution is -0.274. The third-order valence-electron chi connectivity index (χ3n) is 6.35. The number of aromatic nitrogens is 2. The van der Waals surface area contributed by atoms with E-state index in [1.807, 2.05) is 0 Å². The third-order valence-corrected chi connectivity index (χ3v) is 7.01. The molecule has 0 radical (unpaired) electrons. The number of rotatable bonds is 6. The fraction of sp³-hybridized carbons (Fsp3) is 0.111. The van der Waals surface area contributed by atoms with Crippen molar-refractivity contribution in [3.63, 3.8) is 0 Å². The van der Waals surface area contributed by atoms with Gasteiger partial charge in [-0.2, -0.15) is 19.1 Å². The minimum Gasteiger partial charge on any atom is -0.406 e. The van der Waals surface area contributed by atoms with Crippen LogP contribution in [-0.2, 0) is 24.1 Å². The summed E-state index contributed by atoms with van der Waals surface area (Å²) in [5.41, 5.74) is 10.4. The average molecular weight is 603 g/mol. The molecular weight excluding hydrogens is 583 g/mol. The Morgan fingerprint density at radius 2 is 1.79 bits per heavy atom. The van der Waals surface area contributed by atoms with Gasteiger partial charge in [-0.1, -0.05) is 18.2 Å². The van der Waals surface area contributed by atoms with Crippen molar-refractivity contribution >= 4 is 28.2 Å². The Morgan fingerprint density at radius 1 is 1.10 bits per heavy atom. The summed E-state index contributed by atoms with van der Waals surface area (Å²) in [5, 5.41) is 14.4. The number of nitriles is 1. The molecular formula is C27H19F5N6O3S. The number of hydrazine groups is 1. The summed E-state index contributed by atoms with van der Waals surface area (Å²) in [6.07, 6.45) is -3.78. The van der Waals surface area contributed by atoms with E-state index in [-0.39, 0.29) is 27.5 Å². The van der Waals surface area contributed by atoms with Crippen molar-refractivity contribution in [3.8, 4) is 34.2 Å². The van der Waals surface area contributed by atoms with Gasteiger partial charge < -0.3 is 15.0 Å². The zero-order chi connectivity index (χ0) is 30.4. The van der Waals surface area contributed by atoms with Crippen LogP contribution in [0, 0.1) is 11.3 Å². The van der Waals surface area contributed by atoms with E-state index in [1.54, 1.807) is 30.3 Å². The zero-order valence-corrected chi connectivity index (χ0v) is 22.2. The van der Waals surface area contributed by atoms with E-state index >= 15 is 0 Å². The number of benzene rings is 3. The van der Waals surface area contributed by atoms with Crippen LogP contribution >= 0.6 is 0 Å². The highest BCUT2D eigenvalue weighted by Crippen LogP contribution is 2.48. The predicted octanol–water partition coefficient (Wildman–Crippen LogP) is 5.95. The summed E-state index contributed by atoms with van der Waals surface area (Å²) in [7, 11) is 1.43. The van der Waals surface area contributed by atoms with Crippen LogP contribution < -0.4 is 20.9 Å². The molecule has 216 valence electrons. The van der Waals surface area contributed by atoms with Crippen LogP contribution in [0.3, 0.4) is 0 Å². The predicted molar refractivity (Wildman–Crippen MR) is 144 cm³/mol. The SMILES string of the molecule is Cn1nc(C(F)(F)C#N)c2c1-c1ccc(-c3cccc(S(=O)O)c3)cc1N(/C(=C\N)c1ccc(OC(F)(F)F)cc1)N2. The van der Waals surface area contributed by atoms with Gasteiger partial charge in [0.05, 0.1) is 22.0 Å². The molecule has 9 nitrogen and oxygen atoms in total. The number of ether oxygens (including phenoxy) is 1. The molecule has 0 saturated carbocycles. The molecule has 2 heterocycles. The number of nitrogens with two attached hydrogens (primary N) is 1. The monoisotopic (exact) mass is 602 g/mol. The fourth-order valence-electron chi connectivity index (χ4n) is 4.58. The van der Waals surface area contributed by atoms with Crippen LogP contribution in [0.1, 0.15) is 11.3 Å². The van der Waals surface area contributed by atoms with Gasteiger partial charge in [-0.25, -0.2) is 4.21 Å². The summed E-state index contributed by atoms with van der Waals surface area (Å²) in [4.78, 5) is 0.154. The number of nitrogens with one attached hydrogen (secondary N) is 1. The van der Waals surface area contributed by atoms with Crippen molar-refractivity contribution in [2.24, 2.45) is 12.8 Å². The van der Waals surface area contributed by atoms with Gasteiger partial charge in [-0.15, -0.1) is 13.2 Å². The lowest BCUT2D eigenvalue weighted by Gasteiger charge is -2.35. The summed E-state index contributed by atoms with van der Waals surface area (Å²) in [5.74, 6) is -4.45. The van der Waals surface area contributed by atoms with Crippen molar-refractivity contribution in [1.29, 1.82) is 5.26 Å². The first-order chi connectivity index (χ1) is 19.8. The van der Waals surface area contributed by atoms with Crippen molar-refractivity contribution in [2.45, 2.75) is 17.2 Å². The smallest absolute Gasteiger partial charge is 0.406 e. The molecule has 15 heteroatoms. The Hall–Kier alpha value is -4.94. The molecule has 4 aromatic rings. The maximum atomic E-state index is 14.7. The molecule has 1 atom stereocenters. The van der Waals surface area contributed by atoms with Crippen LogP contribution in [0.2, 0.25) is 0 Å². The molecule has 3 aromatic carbocycles. The van der Waals surface area contributed by atoms with Gasteiger partial charge in [-0.05, 0) is 59.7 Å². The molecule has 1 aliphatic heterocycles. The van der Waals surface area contributed by atoms with E-state index in [0.29, 0.717) is 22.4 Å². The Kier molecular flexibility index (Phi) is 7.13. The van der Waals surface area contributed by atoms with Gasteiger partial charge >= 0.3 is 12.3 Å². The lowest BCUT2D eigenvalue weighted by atomic mass is 9.97. The minimum absolute atomic E-state index is 0.151. The first-order valence-corrected chi connectivity index (χ1v) is 13.0. The van der Waals surface area contributed by atoms with Crippen LogP contribution in [0.15, 0.2) is 77.8 Å². The molecule has 0 fully saturated rings. The molecule has 5 rings (SSSR count). The number of nitrogens with zero attached hydrogens (tertiary/aromatic N) is 4. The Balaban J connectivity index is 1.69. The number of fused-ring (bicyclic) bond motifs is 3. The van der Waals surface area contributed by atoms with Crippen LogP contribution in [0.5, 0.6) is 5.75 Å². The topological polar surface area (TPSA) is 129 Å². The highest BCUT2D eigenvalue weighted by molar-refractivity contribution is 7.79. The standard InChI is InChI=1S/C27H19F5N6O3S/c1-37-24-20-10-7-17(16-3-2-4-19(11-16)42(39)40)12-21(20)38(35-23(24)25(36-37)26(28,29)14-34)22(13-33)15-5-8-18(9-6-15)41-27(30,31)32/h2-13,35H,33H2,1H3,(H,39,40)/b22-13-. The molecule has 1 unspecified atom stereocenters. The second kappa shape index (κ2) is 10.5. The second-order valence-electron chi connectivity index (χ2n) is 8.96. The van der Waals surface area contributed by atoms with Crippen molar-refractivity contribution in [3.05, 3.63) is 84.2 Å². The van der Waals surface area contributed by atoms with Crippen molar-refractivity contribution < 1.29 is 35.5 Å². The molecule has 4 N–H and O–H groups in total. The summed E-state index contributed by atoms with van der Waals surface area (Å²) in [6.45, 7) is 0. The van der Waals surface area contributed by atoms with Gasteiger partial charge in [0.15, 0.2) is 16.8 Å². The van der Waals surface area contributed by atoms with Gasteiger partial charge in [-0.3, -0.25) is 15.1 Å². The zero-order valence-electron chi connectivity index (χ0n) is 21.4. The molecule has 0 saturated heterocycles. The lowest BCUT2D eigenvalue weighted by Crippen LogP contribution is -2.33. The van der Waals surface area contributed by atoms with Gasteiger partial charge in [0, 0.05) is 24.4 Å². The van der Waals surface area contributed by atoms with E-state index in [2.05, 4.69) is 15.3 Å². The first kappa shape index (κ1) is 28.6. The number of anilines is 2. The number of hydrogen-bond donors (Lipinski definition) is 3. The number of aryl methyl sites for hydroxylation is 1. The Labute approximate surface area is 237 Å². The molecule has 0 amide bonds. The van der Waals surface area contributed by atoms with Crippen molar-refractivity contribution in [2.75, 3.05) is 10.4 Å². The molecule has 0 bridgehead atoms. The van der Waals surface area contributed by atoms with E-state index in [0.717, 1.165) is 24.4 Å². The van der Waals surface area contributed by atoms with Crippen LogP contribution in [0.4, 0.5) is 33.3 Å². The van der Waals surface area contributed by atoms with E-state index < -0.39 is 34.8 Å². The summed E-state index contributed by atoms with van der Waals surface area (Å²) >= 11 is -2.24. The summed E-state index contributed by atoms with van der Waals surface area (Å²) in [6, 6.07) is 17.0. The first-order valence-electron chi connectivity index (χ1n) is 11.9. The number of alkyl halides is 5. The molecule has 42 heavy (non-hydrogen) atoms. The van der Waals surface area contributed by atoms with E-state index in [4.69, 9.17) is 11.0 Å². The highest BCUT2D eigenvalue weighted by Gasteiger charge is 2.42. The summed E-state index contributed by atoms with van der Waals surface area (Å²) < 4.78 is 93.7. The van der Waals surface area contributed by atoms with E-state index in [1.165, 1.54) is 41.0 Å². The number of halogens is 5. The van der Waals surface area contributed by atoms with Gasteiger partial charge in [0.25, 0.3) is 0 Å². The Morgan fingerprint density at radius 3 is 2.40 bits per heavy atom. The van der Waals surface area contributed by atoms with Gasteiger partial charge in [0.2, 0.25) is 0 Å². The minimum atomic E-state index is -4.91. The van der Waals surface area contributed by atoms with Crippen LogP contribution in [0.25, 0.3) is 28.1 Å². The van der Waals surface area contributed by atoms with Crippen molar-refractivity contribution in [1.82, 2.24) is 9.78 Å². The van der Waals surface area contributed by atoms with Gasteiger partial charge in [0.1, 0.15) is 17.5 Å². The maximum Gasteiger partial charge on any atom is 0.573 e. The Bertz CT molecular complexity index is 1780. The molecule has 1 aliphatic rings. The van der Waals surface area contributed by atoms with Crippen LogP contribution in [-0.4, -0.2) is 24.9 Å². The number of hydrogen-bond acceptors (Lipinski definition) is 7. The normalized spacial score (nSPS) is 14.0. The average Bonchev–Trinajstić information content (AvgIpc) is 3.30. The maximum absolute atomic E-state index is 14.7. The highest BCUT2D eigenvalue weighted by atomic mass is 32.2. The molecule has 0 spiro atoms. The quantitative estimate of drug-likeness (QED) is 0.182. The third kappa shape index (κ3) is 5.24. The fourth-order valence-corrected chi connectivity index (χ4v) is 5.00. The molecule has 0 aliphatic carbocycles. The molecule has 1 aromatic heterocycles. The van der Waals surface area contributed by atoms with E-state index in [9.17, 15) is 30.7 Å². The largest absolute Gasteiger partial charge is 0.573 e. The second-order valence-corrected chi connectivity index (χ2v) is 9.93.